The van der Waals surface area contributed by atoms with Crippen LogP contribution in [0.5, 0.6) is 0 Å². The monoisotopic (exact) mass is 336 g/mol. The Labute approximate surface area is 145 Å². The second-order valence-corrected chi connectivity index (χ2v) is 8.24. The van der Waals surface area contributed by atoms with Crippen molar-refractivity contribution in [3.8, 4) is 0 Å². The first-order chi connectivity index (χ1) is 10.9. The van der Waals surface area contributed by atoms with Crippen LogP contribution in [0.1, 0.15) is 67.5 Å². The van der Waals surface area contributed by atoms with E-state index in [9.17, 15) is 9.59 Å². The summed E-state index contributed by atoms with van der Waals surface area (Å²) in [5.41, 5.74) is 0.559. The van der Waals surface area contributed by atoms with E-state index in [0.717, 1.165) is 12.1 Å². The first kappa shape index (κ1) is 20.2. The molecular weight excluding hydrogens is 304 g/mol. The van der Waals surface area contributed by atoms with Crippen LogP contribution in [-0.4, -0.2) is 39.6 Å². The van der Waals surface area contributed by atoms with Gasteiger partial charge in [-0.25, -0.2) is 4.68 Å². The molecule has 0 unspecified atom stereocenters. The number of hydrogen-bond acceptors (Lipinski definition) is 3. The van der Waals surface area contributed by atoms with Crippen molar-refractivity contribution in [2.45, 2.75) is 72.8 Å². The Balaban J connectivity index is 3.03. The van der Waals surface area contributed by atoms with Gasteiger partial charge < -0.3 is 10.2 Å². The van der Waals surface area contributed by atoms with E-state index in [1.54, 1.807) is 4.90 Å². The summed E-state index contributed by atoms with van der Waals surface area (Å²) in [6.07, 6.45) is 0.820. The SMILES string of the molecule is CCCN(CC(=O)Nc1cc(C(C)(C)C)nn1C(C)(C)C)C(C)=O. The third kappa shape index (κ3) is 5.35. The standard InChI is InChI=1S/C18H32N4O2/c1-9-10-21(13(2)23)12-16(24)19-15-11-14(17(3,4)5)20-22(15)18(6,7)8/h11H,9-10,12H2,1-8H3,(H,19,24). The van der Waals surface area contributed by atoms with Crippen LogP contribution in [0.25, 0.3) is 0 Å². The maximum Gasteiger partial charge on any atom is 0.245 e. The Bertz CT molecular complexity index is 591. The molecular formula is C18H32N4O2. The van der Waals surface area contributed by atoms with E-state index in [1.807, 2.05) is 38.4 Å². The average Bonchev–Trinajstić information content (AvgIpc) is 2.81. The first-order valence-corrected chi connectivity index (χ1v) is 8.52. The van der Waals surface area contributed by atoms with Gasteiger partial charge in [0.15, 0.2) is 0 Å². The number of amides is 2. The molecule has 1 rings (SSSR count). The fourth-order valence-electron chi connectivity index (χ4n) is 2.32. The summed E-state index contributed by atoms with van der Waals surface area (Å²) in [6.45, 7) is 16.5. The van der Waals surface area contributed by atoms with Crippen LogP contribution in [0.3, 0.4) is 0 Å². The average molecular weight is 336 g/mol. The first-order valence-electron chi connectivity index (χ1n) is 8.52. The van der Waals surface area contributed by atoms with Crippen LogP contribution in [0.4, 0.5) is 5.82 Å². The number of anilines is 1. The molecule has 0 radical (unpaired) electrons. The molecule has 0 aromatic carbocycles. The van der Waals surface area contributed by atoms with Gasteiger partial charge in [0.05, 0.1) is 17.8 Å². The van der Waals surface area contributed by atoms with Gasteiger partial charge in [0.2, 0.25) is 11.8 Å². The minimum atomic E-state index is -0.254. The number of hydrogen-bond donors (Lipinski definition) is 1. The van der Waals surface area contributed by atoms with Crippen LogP contribution in [0, 0.1) is 0 Å². The Kier molecular flexibility index (Phi) is 6.20. The molecule has 2 amide bonds. The number of carbonyl (C=O) groups excluding carboxylic acids is 2. The lowest BCUT2D eigenvalue weighted by Crippen LogP contribution is -2.38. The molecule has 0 spiro atoms. The molecule has 0 aliphatic rings. The number of rotatable bonds is 5. The lowest BCUT2D eigenvalue weighted by molar-refractivity contribution is -0.132. The molecule has 0 atom stereocenters. The van der Waals surface area contributed by atoms with Gasteiger partial charge in [-0.1, -0.05) is 27.7 Å². The van der Waals surface area contributed by atoms with Gasteiger partial charge in [-0.2, -0.15) is 5.10 Å². The van der Waals surface area contributed by atoms with Crippen LogP contribution >= 0.6 is 0 Å². The Morgan fingerprint density at radius 2 is 1.79 bits per heavy atom. The second-order valence-electron chi connectivity index (χ2n) is 8.24. The van der Waals surface area contributed by atoms with Crippen molar-refractivity contribution in [3.05, 3.63) is 11.8 Å². The number of nitrogens with zero attached hydrogens (tertiary/aromatic N) is 3. The summed E-state index contributed by atoms with van der Waals surface area (Å²) in [4.78, 5) is 25.6. The van der Waals surface area contributed by atoms with E-state index in [0.29, 0.717) is 12.4 Å². The molecule has 0 aliphatic carbocycles. The highest BCUT2D eigenvalue weighted by Gasteiger charge is 2.26. The molecule has 0 fully saturated rings. The van der Waals surface area contributed by atoms with E-state index < -0.39 is 0 Å². The van der Waals surface area contributed by atoms with E-state index >= 15 is 0 Å². The fraction of sp³-hybridized carbons (Fsp3) is 0.722. The van der Waals surface area contributed by atoms with Crippen LogP contribution in [0.15, 0.2) is 6.07 Å². The Hall–Kier alpha value is -1.85. The summed E-state index contributed by atoms with van der Waals surface area (Å²) < 4.78 is 1.84. The van der Waals surface area contributed by atoms with Crippen molar-refractivity contribution in [1.82, 2.24) is 14.7 Å². The summed E-state index contributed by atoms with van der Waals surface area (Å²) in [5, 5.41) is 7.60. The predicted octanol–water partition coefficient (Wildman–Crippen LogP) is 3.13. The normalized spacial score (nSPS) is 12.2. The van der Waals surface area contributed by atoms with Crippen LogP contribution in [0.2, 0.25) is 0 Å². The zero-order valence-electron chi connectivity index (χ0n) is 16.4. The van der Waals surface area contributed by atoms with E-state index in [2.05, 4.69) is 31.2 Å². The molecule has 1 heterocycles. The Morgan fingerprint density at radius 3 is 2.21 bits per heavy atom. The largest absolute Gasteiger partial charge is 0.334 e. The highest BCUT2D eigenvalue weighted by molar-refractivity contribution is 5.93. The number of nitrogens with one attached hydrogen (secondary N) is 1. The van der Waals surface area contributed by atoms with E-state index in [1.165, 1.54) is 6.92 Å². The lowest BCUT2D eigenvalue weighted by Gasteiger charge is -2.24. The molecule has 0 bridgehead atoms. The van der Waals surface area contributed by atoms with Crippen molar-refractivity contribution in [1.29, 1.82) is 0 Å². The molecule has 6 nitrogen and oxygen atoms in total. The van der Waals surface area contributed by atoms with E-state index in [-0.39, 0.29) is 29.3 Å². The maximum atomic E-state index is 12.4. The van der Waals surface area contributed by atoms with Gasteiger partial charge in [-0.15, -0.1) is 0 Å². The highest BCUT2D eigenvalue weighted by atomic mass is 16.2. The highest BCUT2D eigenvalue weighted by Crippen LogP contribution is 2.28. The topological polar surface area (TPSA) is 67.2 Å². The van der Waals surface area contributed by atoms with Crippen LogP contribution in [-0.2, 0) is 20.5 Å². The second kappa shape index (κ2) is 7.36. The van der Waals surface area contributed by atoms with Crippen molar-refractivity contribution < 1.29 is 9.59 Å². The number of aromatic nitrogens is 2. The fourth-order valence-corrected chi connectivity index (χ4v) is 2.32. The van der Waals surface area contributed by atoms with Crippen LogP contribution < -0.4 is 5.32 Å². The van der Waals surface area contributed by atoms with E-state index in [4.69, 9.17) is 0 Å². The maximum absolute atomic E-state index is 12.4. The predicted molar refractivity (Wildman–Crippen MR) is 97.1 cm³/mol. The van der Waals surface area contributed by atoms with Gasteiger partial charge in [0.1, 0.15) is 5.82 Å². The molecule has 24 heavy (non-hydrogen) atoms. The lowest BCUT2D eigenvalue weighted by atomic mass is 9.92. The minimum Gasteiger partial charge on any atom is -0.334 e. The third-order valence-corrected chi connectivity index (χ3v) is 3.65. The molecule has 0 aliphatic heterocycles. The van der Waals surface area contributed by atoms with Gasteiger partial charge in [-0.05, 0) is 27.2 Å². The quantitative estimate of drug-likeness (QED) is 0.898. The molecule has 1 aromatic rings. The molecule has 136 valence electrons. The summed E-state index contributed by atoms with van der Waals surface area (Å²) >= 11 is 0. The minimum absolute atomic E-state index is 0.0589. The zero-order valence-corrected chi connectivity index (χ0v) is 16.4. The molecule has 0 saturated heterocycles. The van der Waals surface area contributed by atoms with Gasteiger partial charge in [0.25, 0.3) is 0 Å². The smallest absolute Gasteiger partial charge is 0.245 e. The summed E-state index contributed by atoms with van der Waals surface area (Å²) in [5.74, 6) is 0.369. The molecule has 1 N–H and O–H groups in total. The third-order valence-electron chi connectivity index (χ3n) is 3.65. The van der Waals surface area contributed by atoms with Gasteiger partial charge in [0, 0.05) is 24.9 Å². The van der Waals surface area contributed by atoms with Crippen molar-refractivity contribution in [3.63, 3.8) is 0 Å². The Morgan fingerprint density at radius 1 is 1.21 bits per heavy atom. The molecule has 1 aromatic heterocycles. The summed E-state index contributed by atoms with van der Waals surface area (Å²) in [7, 11) is 0. The zero-order chi connectivity index (χ0) is 18.7. The summed E-state index contributed by atoms with van der Waals surface area (Å²) in [6, 6.07) is 1.92. The van der Waals surface area contributed by atoms with Crippen molar-refractivity contribution >= 4 is 17.6 Å². The molecule has 0 saturated carbocycles. The number of carbonyl (C=O) groups is 2. The van der Waals surface area contributed by atoms with Gasteiger partial charge in [-0.3, -0.25) is 9.59 Å². The van der Waals surface area contributed by atoms with Crippen molar-refractivity contribution in [2.75, 3.05) is 18.4 Å². The van der Waals surface area contributed by atoms with Crippen molar-refractivity contribution in [2.24, 2.45) is 0 Å². The van der Waals surface area contributed by atoms with Gasteiger partial charge >= 0.3 is 0 Å². The molecule has 6 heteroatoms.